The van der Waals surface area contributed by atoms with Gasteiger partial charge < -0.3 is 14.2 Å². The molecule has 5 nitrogen and oxygen atoms in total. The Morgan fingerprint density at radius 1 is 1.24 bits per heavy atom. The molecule has 0 saturated heterocycles. The highest BCUT2D eigenvalue weighted by Crippen LogP contribution is 2.24. The zero-order valence-corrected chi connectivity index (χ0v) is 17.5. The van der Waals surface area contributed by atoms with Gasteiger partial charge in [-0.15, -0.1) is 4.72 Å². The molecule has 0 unspecified atom stereocenters. The third kappa shape index (κ3) is 7.26. The molecular weight excluding hydrogens is 336 g/mol. The van der Waals surface area contributed by atoms with E-state index >= 15 is 0 Å². The van der Waals surface area contributed by atoms with Crippen LogP contribution in [-0.4, -0.2) is 39.9 Å². The average Bonchev–Trinajstić information content (AvgIpc) is 2.46. The summed E-state index contributed by atoms with van der Waals surface area (Å²) in [5, 5.41) is 0. The highest BCUT2D eigenvalue weighted by Gasteiger charge is 2.32. The minimum Gasteiger partial charge on any atom is -0.598 e. The second-order valence-electron chi connectivity index (χ2n) is 8.23. The van der Waals surface area contributed by atoms with Crippen molar-refractivity contribution < 1.29 is 14.1 Å². The van der Waals surface area contributed by atoms with Crippen LogP contribution in [0, 0.1) is 6.92 Å². The summed E-state index contributed by atoms with van der Waals surface area (Å²) in [6.45, 7) is 11.9. The molecule has 0 aromatic heterocycles. The topological polar surface area (TPSA) is 64.6 Å². The SMILES string of the molecule is Cc1cc(CCC(C)(C)N[S@+]([O-])C(C)(C)C)ccc1OC(=O)N(C)C. The van der Waals surface area contributed by atoms with Crippen LogP contribution in [0.1, 0.15) is 52.2 Å². The van der Waals surface area contributed by atoms with Crippen molar-refractivity contribution in [3.63, 3.8) is 0 Å². The molecule has 1 atom stereocenters. The van der Waals surface area contributed by atoms with Crippen molar-refractivity contribution in [3.05, 3.63) is 29.3 Å². The second kappa shape index (κ2) is 8.43. The smallest absolute Gasteiger partial charge is 0.414 e. The summed E-state index contributed by atoms with van der Waals surface area (Å²) < 4.78 is 20.6. The molecule has 0 radical (unpaired) electrons. The number of aryl methyl sites for hydroxylation is 2. The van der Waals surface area contributed by atoms with E-state index in [1.165, 1.54) is 10.5 Å². The number of hydrogen-bond donors (Lipinski definition) is 1. The van der Waals surface area contributed by atoms with Gasteiger partial charge in [-0.2, -0.15) is 0 Å². The van der Waals surface area contributed by atoms with E-state index in [-0.39, 0.29) is 16.4 Å². The van der Waals surface area contributed by atoms with Crippen LogP contribution < -0.4 is 9.46 Å². The maximum absolute atomic E-state index is 12.3. The van der Waals surface area contributed by atoms with Crippen LogP contribution in [0.25, 0.3) is 0 Å². The number of rotatable bonds is 6. The summed E-state index contributed by atoms with van der Waals surface area (Å²) in [7, 11) is 3.31. The molecule has 0 aliphatic rings. The van der Waals surface area contributed by atoms with Crippen molar-refractivity contribution in [2.45, 2.75) is 64.7 Å². The predicted octanol–water partition coefficient (Wildman–Crippen LogP) is 3.82. The predicted molar refractivity (Wildman–Crippen MR) is 104 cm³/mol. The van der Waals surface area contributed by atoms with Crippen molar-refractivity contribution in [1.82, 2.24) is 9.62 Å². The molecule has 142 valence electrons. The lowest BCUT2D eigenvalue weighted by atomic mass is 9.96. The first-order valence-electron chi connectivity index (χ1n) is 8.50. The van der Waals surface area contributed by atoms with E-state index < -0.39 is 11.4 Å². The van der Waals surface area contributed by atoms with Crippen molar-refractivity contribution in [2.24, 2.45) is 0 Å². The van der Waals surface area contributed by atoms with Gasteiger partial charge >= 0.3 is 6.09 Å². The lowest BCUT2D eigenvalue weighted by Gasteiger charge is -2.32. The Balaban J connectivity index is 2.68. The molecule has 6 heteroatoms. The molecule has 1 aromatic rings. The fraction of sp³-hybridized carbons (Fsp3) is 0.632. The summed E-state index contributed by atoms with van der Waals surface area (Å²) in [5.41, 5.74) is 1.86. The summed E-state index contributed by atoms with van der Waals surface area (Å²) in [5.74, 6) is 0.577. The molecular formula is C19H32N2O3S. The minimum absolute atomic E-state index is 0.234. The van der Waals surface area contributed by atoms with E-state index in [4.69, 9.17) is 4.74 Å². The van der Waals surface area contributed by atoms with Crippen molar-refractivity contribution >= 4 is 17.5 Å². The Kier molecular flexibility index (Phi) is 7.35. The molecule has 0 saturated carbocycles. The van der Waals surface area contributed by atoms with Gasteiger partial charge in [0.2, 0.25) is 0 Å². The standard InChI is InChI=1S/C19H32N2O3S/c1-14-13-15(9-10-16(14)24-17(22)21(7)8)11-12-19(5,6)20-25(23)18(2,3)4/h9-10,13,20H,11-12H2,1-8H3/t25-/m1/s1. The van der Waals surface area contributed by atoms with Crippen LogP contribution in [0.4, 0.5) is 4.79 Å². The highest BCUT2D eigenvalue weighted by atomic mass is 32.2. The number of nitrogens with one attached hydrogen (secondary N) is 1. The van der Waals surface area contributed by atoms with Gasteiger partial charge in [-0.05, 0) is 71.6 Å². The van der Waals surface area contributed by atoms with Crippen molar-refractivity contribution in [1.29, 1.82) is 0 Å². The number of hydrogen-bond acceptors (Lipinski definition) is 4. The van der Waals surface area contributed by atoms with Gasteiger partial charge in [0.25, 0.3) is 0 Å². The van der Waals surface area contributed by atoms with Crippen LogP contribution >= 0.6 is 0 Å². The number of nitrogens with zero attached hydrogens (tertiary/aromatic N) is 1. The Labute approximate surface area is 155 Å². The van der Waals surface area contributed by atoms with Gasteiger partial charge in [-0.25, -0.2) is 4.79 Å². The van der Waals surface area contributed by atoms with E-state index in [2.05, 4.69) is 18.6 Å². The van der Waals surface area contributed by atoms with Crippen LogP contribution in [-0.2, 0) is 17.8 Å². The number of carbonyl (C=O) groups excluding carboxylic acids is 1. The maximum atomic E-state index is 12.3. The molecule has 1 N–H and O–H groups in total. The fourth-order valence-electron chi connectivity index (χ4n) is 2.08. The Hall–Kier alpha value is -1.24. The lowest BCUT2D eigenvalue weighted by molar-refractivity contribution is 0.171. The van der Waals surface area contributed by atoms with Gasteiger partial charge in [-0.1, -0.05) is 12.1 Å². The molecule has 0 bridgehead atoms. The van der Waals surface area contributed by atoms with Gasteiger partial charge in [-0.3, -0.25) is 0 Å². The van der Waals surface area contributed by atoms with Crippen molar-refractivity contribution in [2.75, 3.05) is 14.1 Å². The number of carbonyl (C=O) groups is 1. The van der Waals surface area contributed by atoms with Gasteiger partial charge in [0, 0.05) is 25.5 Å². The van der Waals surface area contributed by atoms with Crippen molar-refractivity contribution in [3.8, 4) is 5.75 Å². The van der Waals surface area contributed by atoms with E-state index in [9.17, 15) is 9.35 Å². The monoisotopic (exact) mass is 368 g/mol. The van der Waals surface area contributed by atoms with E-state index in [0.717, 1.165) is 18.4 Å². The molecule has 1 aromatic carbocycles. The summed E-state index contributed by atoms with van der Waals surface area (Å²) in [4.78, 5) is 13.1. The zero-order valence-electron chi connectivity index (χ0n) is 16.7. The molecule has 25 heavy (non-hydrogen) atoms. The van der Waals surface area contributed by atoms with Gasteiger partial charge in [0.15, 0.2) is 0 Å². The fourth-order valence-corrected chi connectivity index (χ4v) is 2.99. The first kappa shape index (κ1) is 21.8. The summed E-state index contributed by atoms with van der Waals surface area (Å²) in [6, 6.07) is 5.84. The maximum Gasteiger partial charge on any atom is 0.414 e. The minimum atomic E-state index is -1.10. The summed E-state index contributed by atoms with van der Waals surface area (Å²) >= 11 is -1.10. The number of ether oxygens (including phenoxy) is 1. The molecule has 1 amide bonds. The normalized spacial score (nSPS) is 13.5. The average molecular weight is 369 g/mol. The van der Waals surface area contributed by atoms with E-state index in [1.54, 1.807) is 14.1 Å². The third-order valence-electron chi connectivity index (χ3n) is 3.77. The van der Waals surface area contributed by atoms with Crippen LogP contribution in [0.15, 0.2) is 18.2 Å². The quantitative estimate of drug-likeness (QED) is 0.775. The highest BCUT2D eigenvalue weighted by molar-refractivity contribution is 7.90. The van der Waals surface area contributed by atoms with Crippen LogP contribution in [0.3, 0.4) is 0 Å². The zero-order chi connectivity index (χ0) is 19.4. The first-order chi connectivity index (χ1) is 11.3. The largest absolute Gasteiger partial charge is 0.598 e. The summed E-state index contributed by atoms with van der Waals surface area (Å²) in [6.07, 6.45) is 1.32. The number of amides is 1. The van der Waals surface area contributed by atoms with Crippen LogP contribution in [0.2, 0.25) is 0 Å². The van der Waals surface area contributed by atoms with E-state index in [0.29, 0.717) is 5.75 Å². The number of benzene rings is 1. The molecule has 0 fully saturated rings. The molecule has 0 aliphatic carbocycles. The van der Waals surface area contributed by atoms with Gasteiger partial charge in [0.1, 0.15) is 10.5 Å². The molecule has 0 spiro atoms. The Bertz CT molecular complexity index is 595. The van der Waals surface area contributed by atoms with Gasteiger partial charge in [0.05, 0.1) is 5.54 Å². The van der Waals surface area contributed by atoms with E-state index in [1.807, 2.05) is 45.9 Å². The first-order valence-corrected chi connectivity index (χ1v) is 9.65. The van der Waals surface area contributed by atoms with Crippen LogP contribution in [0.5, 0.6) is 5.75 Å². The molecule has 1 rings (SSSR count). The second-order valence-corrected chi connectivity index (χ2v) is 10.2. The Morgan fingerprint density at radius 3 is 2.32 bits per heavy atom. The lowest BCUT2D eigenvalue weighted by Crippen LogP contribution is -2.50. The third-order valence-corrected chi connectivity index (χ3v) is 5.62. The Morgan fingerprint density at radius 2 is 1.84 bits per heavy atom. The molecule has 0 heterocycles. The molecule has 0 aliphatic heterocycles.